The maximum atomic E-state index is 6.16. The zero-order valence-electron chi connectivity index (χ0n) is 10.6. The van der Waals surface area contributed by atoms with E-state index in [2.05, 4.69) is 48.4 Å². The van der Waals surface area contributed by atoms with E-state index in [1.807, 2.05) is 6.07 Å². The van der Waals surface area contributed by atoms with E-state index in [1.165, 1.54) is 5.56 Å². The Labute approximate surface area is 113 Å². The maximum Gasteiger partial charge on any atom is 0.0720 e. The molecule has 0 saturated carbocycles. The summed E-state index contributed by atoms with van der Waals surface area (Å²) in [5.74, 6) is 0.462. The molecule has 1 atom stereocenters. The van der Waals surface area contributed by atoms with Gasteiger partial charge < -0.3 is 5.32 Å². The Morgan fingerprint density at radius 3 is 2.44 bits per heavy atom. The first-order valence-corrected chi connectivity index (χ1v) is 6.47. The molecule has 2 aromatic rings. The highest BCUT2D eigenvalue weighted by Crippen LogP contribution is 2.29. The number of halogens is 1. The van der Waals surface area contributed by atoms with Gasteiger partial charge in [0.05, 0.1) is 22.9 Å². The van der Waals surface area contributed by atoms with E-state index in [0.29, 0.717) is 10.9 Å². The van der Waals surface area contributed by atoms with Gasteiger partial charge in [0, 0.05) is 6.20 Å². The molecule has 0 radical (unpaired) electrons. The second-order valence-electron chi connectivity index (χ2n) is 4.63. The van der Waals surface area contributed by atoms with Crippen molar-refractivity contribution >= 4 is 17.3 Å². The van der Waals surface area contributed by atoms with E-state index >= 15 is 0 Å². The summed E-state index contributed by atoms with van der Waals surface area (Å²) < 4.78 is 0. The van der Waals surface area contributed by atoms with Crippen molar-refractivity contribution in [1.29, 1.82) is 0 Å². The summed E-state index contributed by atoms with van der Waals surface area (Å²) >= 11 is 6.16. The van der Waals surface area contributed by atoms with E-state index in [9.17, 15) is 0 Å². The standard InChI is InChI=1S/C15H17ClN2/c1-11(2)15(12-6-4-3-5-7-12)18-14-10-17-9-8-13(14)16/h3-11,15,18H,1-2H3. The van der Waals surface area contributed by atoms with Gasteiger partial charge in [-0.2, -0.15) is 0 Å². The molecule has 1 unspecified atom stereocenters. The van der Waals surface area contributed by atoms with Crippen LogP contribution < -0.4 is 5.32 Å². The van der Waals surface area contributed by atoms with Crippen LogP contribution in [0.3, 0.4) is 0 Å². The molecular formula is C15H17ClN2. The smallest absolute Gasteiger partial charge is 0.0720 e. The van der Waals surface area contributed by atoms with Crippen LogP contribution in [-0.4, -0.2) is 4.98 Å². The fourth-order valence-electron chi connectivity index (χ4n) is 1.95. The topological polar surface area (TPSA) is 24.9 Å². The number of hydrogen-bond donors (Lipinski definition) is 1. The van der Waals surface area contributed by atoms with Crippen LogP contribution >= 0.6 is 11.6 Å². The van der Waals surface area contributed by atoms with Gasteiger partial charge in [0.25, 0.3) is 0 Å². The van der Waals surface area contributed by atoms with Crippen LogP contribution in [0.5, 0.6) is 0 Å². The summed E-state index contributed by atoms with van der Waals surface area (Å²) in [6, 6.07) is 12.4. The molecule has 1 aromatic carbocycles. The molecular weight excluding hydrogens is 244 g/mol. The van der Waals surface area contributed by atoms with Crippen LogP contribution in [0.4, 0.5) is 5.69 Å². The minimum Gasteiger partial charge on any atom is -0.376 e. The van der Waals surface area contributed by atoms with Gasteiger partial charge in [-0.3, -0.25) is 4.98 Å². The summed E-state index contributed by atoms with van der Waals surface area (Å²) in [5, 5.41) is 4.17. The first-order chi connectivity index (χ1) is 8.68. The van der Waals surface area contributed by atoms with Crippen molar-refractivity contribution in [3.8, 4) is 0 Å². The molecule has 2 nitrogen and oxygen atoms in total. The molecule has 1 aromatic heterocycles. The van der Waals surface area contributed by atoms with Crippen LogP contribution in [0.1, 0.15) is 25.5 Å². The minimum absolute atomic E-state index is 0.230. The number of nitrogens with zero attached hydrogens (tertiary/aromatic N) is 1. The van der Waals surface area contributed by atoms with Gasteiger partial charge >= 0.3 is 0 Å². The molecule has 0 aliphatic carbocycles. The molecule has 18 heavy (non-hydrogen) atoms. The van der Waals surface area contributed by atoms with Crippen LogP contribution in [0, 0.1) is 5.92 Å². The lowest BCUT2D eigenvalue weighted by Crippen LogP contribution is -2.17. The molecule has 1 heterocycles. The fraction of sp³-hybridized carbons (Fsp3) is 0.267. The van der Waals surface area contributed by atoms with Crippen molar-refractivity contribution in [3.63, 3.8) is 0 Å². The SMILES string of the molecule is CC(C)C(Nc1cnccc1Cl)c1ccccc1. The van der Waals surface area contributed by atoms with Crippen LogP contribution in [0.15, 0.2) is 48.8 Å². The summed E-state index contributed by atoms with van der Waals surface area (Å²) in [7, 11) is 0. The molecule has 0 fully saturated rings. The third kappa shape index (κ3) is 3.02. The van der Waals surface area contributed by atoms with Gasteiger partial charge in [-0.1, -0.05) is 55.8 Å². The highest BCUT2D eigenvalue weighted by atomic mass is 35.5. The van der Waals surface area contributed by atoms with Crippen molar-refractivity contribution in [3.05, 3.63) is 59.4 Å². The second kappa shape index (κ2) is 5.87. The number of anilines is 1. The molecule has 0 saturated heterocycles. The number of rotatable bonds is 4. The van der Waals surface area contributed by atoms with Gasteiger partial charge in [0.15, 0.2) is 0 Å². The Bertz CT molecular complexity index is 497. The summed E-state index contributed by atoms with van der Waals surface area (Å²) in [6.45, 7) is 4.38. The van der Waals surface area contributed by atoms with Crippen molar-refractivity contribution in [2.45, 2.75) is 19.9 Å². The quantitative estimate of drug-likeness (QED) is 0.873. The van der Waals surface area contributed by atoms with Crippen LogP contribution in [-0.2, 0) is 0 Å². The van der Waals surface area contributed by atoms with Gasteiger partial charge in [-0.15, -0.1) is 0 Å². The number of nitrogens with one attached hydrogen (secondary N) is 1. The Kier molecular flexibility index (Phi) is 4.21. The van der Waals surface area contributed by atoms with Crippen molar-refractivity contribution < 1.29 is 0 Å². The highest BCUT2D eigenvalue weighted by Gasteiger charge is 2.16. The van der Waals surface area contributed by atoms with Crippen LogP contribution in [0.2, 0.25) is 5.02 Å². The molecule has 2 rings (SSSR count). The van der Waals surface area contributed by atoms with E-state index in [0.717, 1.165) is 5.69 Å². The Morgan fingerprint density at radius 1 is 1.11 bits per heavy atom. The molecule has 0 aliphatic heterocycles. The average molecular weight is 261 g/mol. The average Bonchev–Trinajstić information content (AvgIpc) is 2.38. The third-order valence-corrected chi connectivity index (χ3v) is 3.23. The third-order valence-electron chi connectivity index (χ3n) is 2.90. The van der Waals surface area contributed by atoms with E-state index in [-0.39, 0.29) is 6.04 Å². The molecule has 3 heteroatoms. The van der Waals surface area contributed by atoms with E-state index in [1.54, 1.807) is 18.5 Å². The normalized spacial score (nSPS) is 12.4. The Hall–Kier alpha value is -1.54. The van der Waals surface area contributed by atoms with Crippen molar-refractivity contribution in [2.24, 2.45) is 5.92 Å². The first-order valence-electron chi connectivity index (χ1n) is 6.09. The van der Waals surface area contributed by atoms with Crippen molar-refractivity contribution in [1.82, 2.24) is 4.98 Å². The predicted molar refractivity (Wildman–Crippen MR) is 76.9 cm³/mol. The highest BCUT2D eigenvalue weighted by molar-refractivity contribution is 6.33. The Balaban J connectivity index is 2.26. The maximum absolute atomic E-state index is 6.16. The summed E-state index contributed by atoms with van der Waals surface area (Å²) in [5.41, 5.74) is 2.13. The Morgan fingerprint density at radius 2 is 1.83 bits per heavy atom. The lowest BCUT2D eigenvalue weighted by atomic mass is 9.96. The van der Waals surface area contributed by atoms with Gasteiger partial charge in [0.1, 0.15) is 0 Å². The first kappa shape index (κ1) is 12.9. The summed E-state index contributed by atoms with van der Waals surface area (Å²) in [6.07, 6.45) is 3.46. The summed E-state index contributed by atoms with van der Waals surface area (Å²) in [4.78, 5) is 4.10. The lowest BCUT2D eigenvalue weighted by molar-refractivity contribution is 0.546. The number of aromatic nitrogens is 1. The zero-order valence-corrected chi connectivity index (χ0v) is 11.4. The molecule has 94 valence electrons. The number of pyridine rings is 1. The van der Waals surface area contributed by atoms with Gasteiger partial charge in [0.2, 0.25) is 0 Å². The second-order valence-corrected chi connectivity index (χ2v) is 5.04. The molecule has 0 bridgehead atoms. The molecule has 0 amide bonds. The number of benzene rings is 1. The fourth-order valence-corrected chi connectivity index (χ4v) is 2.11. The monoisotopic (exact) mass is 260 g/mol. The largest absolute Gasteiger partial charge is 0.376 e. The van der Waals surface area contributed by atoms with Gasteiger partial charge in [-0.05, 0) is 17.5 Å². The predicted octanol–water partition coefficient (Wildman–Crippen LogP) is 4.54. The minimum atomic E-state index is 0.230. The molecule has 0 spiro atoms. The van der Waals surface area contributed by atoms with Gasteiger partial charge in [-0.25, -0.2) is 0 Å². The molecule has 0 aliphatic rings. The lowest BCUT2D eigenvalue weighted by Gasteiger charge is -2.24. The van der Waals surface area contributed by atoms with E-state index < -0.39 is 0 Å². The van der Waals surface area contributed by atoms with Crippen molar-refractivity contribution in [2.75, 3.05) is 5.32 Å². The molecule has 1 N–H and O–H groups in total. The zero-order chi connectivity index (χ0) is 13.0. The number of hydrogen-bond acceptors (Lipinski definition) is 2. The van der Waals surface area contributed by atoms with Crippen LogP contribution in [0.25, 0.3) is 0 Å². The van der Waals surface area contributed by atoms with E-state index in [4.69, 9.17) is 11.6 Å².